The Morgan fingerprint density at radius 3 is 2.82 bits per heavy atom. The molecule has 0 spiro atoms. The first kappa shape index (κ1) is 22.4. The molecule has 2 heterocycles. The summed E-state index contributed by atoms with van der Waals surface area (Å²) >= 11 is 0. The van der Waals surface area contributed by atoms with Gasteiger partial charge in [0.05, 0.1) is 17.4 Å². The molecule has 9 nitrogen and oxygen atoms in total. The molecule has 1 aliphatic rings. The molecule has 4 rings (SSSR count). The van der Waals surface area contributed by atoms with E-state index in [9.17, 15) is 10.4 Å². The number of benzene rings is 1. The average Bonchev–Trinajstić information content (AvgIpc) is 2.80. The zero-order valence-electron chi connectivity index (χ0n) is 18.7. The molecule has 3 aromatic rings. The standard InChI is InChI=1S/C24H27N7O2/c1-16-4-3-5-20(10-16)33-22-18(12-26-15-29-22)14-28-23-27-13-17(11-25)21(31-23)30-19-6-8-24(2,32)9-7-19/h3-5,10,12-13,15,19,32H,6-9,14H2,1-2H3,(H2,27,28,30,31). The molecule has 0 saturated heterocycles. The summed E-state index contributed by atoms with van der Waals surface area (Å²) in [6.45, 7) is 4.21. The lowest BCUT2D eigenvalue weighted by molar-refractivity contribution is 0.0196. The number of hydrogen-bond donors (Lipinski definition) is 3. The van der Waals surface area contributed by atoms with E-state index in [4.69, 9.17) is 4.74 Å². The Labute approximate surface area is 192 Å². The summed E-state index contributed by atoms with van der Waals surface area (Å²) in [6.07, 6.45) is 7.67. The number of anilines is 2. The van der Waals surface area contributed by atoms with Crippen molar-refractivity contribution in [3.63, 3.8) is 0 Å². The summed E-state index contributed by atoms with van der Waals surface area (Å²) in [5, 5.41) is 26.2. The van der Waals surface area contributed by atoms with Crippen molar-refractivity contribution < 1.29 is 9.84 Å². The van der Waals surface area contributed by atoms with Crippen LogP contribution in [0.25, 0.3) is 0 Å². The minimum Gasteiger partial charge on any atom is -0.439 e. The molecule has 3 N–H and O–H groups in total. The molecule has 0 amide bonds. The van der Waals surface area contributed by atoms with E-state index in [2.05, 4.69) is 36.6 Å². The highest BCUT2D eigenvalue weighted by Gasteiger charge is 2.29. The van der Waals surface area contributed by atoms with Crippen LogP contribution in [0.4, 0.5) is 11.8 Å². The van der Waals surface area contributed by atoms with E-state index < -0.39 is 5.60 Å². The largest absolute Gasteiger partial charge is 0.439 e. The SMILES string of the molecule is Cc1cccc(Oc2ncncc2CNc2ncc(C#N)c(NC3CCC(C)(O)CC3)n2)c1. The molecule has 2 aromatic heterocycles. The molecule has 1 fully saturated rings. The number of aliphatic hydroxyl groups is 1. The molecule has 0 bridgehead atoms. The topological polar surface area (TPSA) is 129 Å². The van der Waals surface area contributed by atoms with Crippen LogP contribution in [0.3, 0.4) is 0 Å². The van der Waals surface area contributed by atoms with Gasteiger partial charge in [-0.1, -0.05) is 12.1 Å². The van der Waals surface area contributed by atoms with Crippen LogP contribution in [0.1, 0.15) is 49.3 Å². The third kappa shape index (κ3) is 5.93. The van der Waals surface area contributed by atoms with E-state index >= 15 is 0 Å². The van der Waals surface area contributed by atoms with Crippen molar-refractivity contribution in [2.45, 2.75) is 57.7 Å². The molecule has 0 atom stereocenters. The smallest absolute Gasteiger partial charge is 0.227 e. The maximum atomic E-state index is 10.2. The van der Waals surface area contributed by atoms with Crippen molar-refractivity contribution in [3.8, 4) is 17.7 Å². The summed E-state index contributed by atoms with van der Waals surface area (Å²) in [7, 11) is 0. The zero-order valence-corrected chi connectivity index (χ0v) is 18.7. The molecule has 0 unspecified atom stereocenters. The molecule has 0 aliphatic heterocycles. The van der Waals surface area contributed by atoms with E-state index in [0.29, 0.717) is 48.3 Å². The van der Waals surface area contributed by atoms with Gasteiger partial charge in [0.2, 0.25) is 11.8 Å². The number of rotatable bonds is 7. The van der Waals surface area contributed by atoms with E-state index in [-0.39, 0.29) is 6.04 Å². The first-order valence-corrected chi connectivity index (χ1v) is 11.0. The lowest BCUT2D eigenvalue weighted by Crippen LogP contribution is -2.36. The van der Waals surface area contributed by atoms with Gasteiger partial charge in [-0.05, 0) is 57.2 Å². The maximum absolute atomic E-state index is 10.2. The van der Waals surface area contributed by atoms with Crippen molar-refractivity contribution in [3.05, 3.63) is 59.7 Å². The van der Waals surface area contributed by atoms with Crippen LogP contribution in [-0.4, -0.2) is 36.7 Å². The number of nitriles is 1. The van der Waals surface area contributed by atoms with Gasteiger partial charge in [-0.2, -0.15) is 10.2 Å². The van der Waals surface area contributed by atoms with Gasteiger partial charge >= 0.3 is 0 Å². The number of aryl methyl sites for hydroxylation is 1. The average molecular weight is 446 g/mol. The summed E-state index contributed by atoms with van der Waals surface area (Å²) < 4.78 is 5.95. The second kappa shape index (κ2) is 9.79. The molecule has 170 valence electrons. The van der Waals surface area contributed by atoms with Crippen LogP contribution in [0.15, 0.2) is 43.0 Å². The normalized spacial score (nSPS) is 20.0. The van der Waals surface area contributed by atoms with Gasteiger partial charge in [0.15, 0.2) is 0 Å². The van der Waals surface area contributed by atoms with Crippen LogP contribution in [0.5, 0.6) is 11.6 Å². The third-order valence-corrected chi connectivity index (χ3v) is 5.70. The van der Waals surface area contributed by atoms with Gasteiger partial charge in [0, 0.05) is 18.8 Å². The van der Waals surface area contributed by atoms with Crippen LogP contribution in [0, 0.1) is 18.3 Å². The Bertz CT molecular complexity index is 1150. The molecular formula is C24H27N7O2. The molecule has 1 saturated carbocycles. The second-order valence-electron chi connectivity index (χ2n) is 8.61. The number of ether oxygens (including phenoxy) is 1. The van der Waals surface area contributed by atoms with Crippen molar-refractivity contribution >= 4 is 11.8 Å². The van der Waals surface area contributed by atoms with Gasteiger partial charge in [-0.3, -0.25) is 0 Å². The first-order chi connectivity index (χ1) is 15.9. The first-order valence-electron chi connectivity index (χ1n) is 11.0. The van der Waals surface area contributed by atoms with E-state index in [1.165, 1.54) is 12.5 Å². The molecular weight excluding hydrogens is 418 g/mol. The lowest BCUT2D eigenvalue weighted by atomic mass is 9.83. The van der Waals surface area contributed by atoms with E-state index in [1.807, 2.05) is 38.1 Å². The van der Waals surface area contributed by atoms with Crippen LogP contribution < -0.4 is 15.4 Å². The Hall–Kier alpha value is -3.77. The second-order valence-corrected chi connectivity index (χ2v) is 8.61. The fourth-order valence-corrected chi connectivity index (χ4v) is 3.76. The van der Waals surface area contributed by atoms with Crippen LogP contribution in [-0.2, 0) is 6.54 Å². The predicted molar refractivity (Wildman–Crippen MR) is 124 cm³/mol. The van der Waals surface area contributed by atoms with Crippen molar-refractivity contribution in [2.24, 2.45) is 0 Å². The fraction of sp³-hybridized carbons (Fsp3) is 0.375. The minimum absolute atomic E-state index is 0.150. The highest BCUT2D eigenvalue weighted by Crippen LogP contribution is 2.30. The minimum atomic E-state index is -0.620. The van der Waals surface area contributed by atoms with Crippen molar-refractivity contribution in [1.29, 1.82) is 5.26 Å². The zero-order chi connectivity index (χ0) is 23.3. The Balaban J connectivity index is 1.45. The lowest BCUT2D eigenvalue weighted by Gasteiger charge is -2.33. The summed E-state index contributed by atoms with van der Waals surface area (Å²) in [5.74, 6) is 2.01. The number of hydrogen-bond acceptors (Lipinski definition) is 9. The summed E-state index contributed by atoms with van der Waals surface area (Å²) in [4.78, 5) is 17.1. The van der Waals surface area contributed by atoms with Crippen molar-refractivity contribution in [2.75, 3.05) is 10.6 Å². The number of nitrogens with one attached hydrogen (secondary N) is 2. The molecule has 1 aromatic carbocycles. The highest BCUT2D eigenvalue weighted by molar-refractivity contribution is 5.54. The van der Waals surface area contributed by atoms with Gasteiger partial charge in [-0.15, -0.1) is 0 Å². The van der Waals surface area contributed by atoms with Crippen LogP contribution >= 0.6 is 0 Å². The van der Waals surface area contributed by atoms with Gasteiger partial charge < -0.3 is 20.5 Å². The Morgan fingerprint density at radius 1 is 1.24 bits per heavy atom. The Kier molecular flexibility index (Phi) is 6.66. The number of nitrogens with zero attached hydrogens (tertiary/aromatic N) is 5. The number of aromatic nitrogens is 4. The predicted octanol–water partition coefficient (Wildman–Crippen LogP) is 3.96. The Morgan fingerprint density at radius 2 is 2.06 bits per heavy atom. The molecule has 9 heteroatoms. The molecule has 33 heavy (non-hydrogen) atoms. The summed E-state index contributed by atoms with van der Waals surface area (Å²) in [5.41, 5.74) is 1.60. The summed E-state index contributed by atoms with van der Waals surface area (Å²) in [6, 6.07) is 10.0. The van der Waals surface area contributed by atoms with Gasteiger partial charge in [0.1, 0.15) is 29.5 Å². The van der Waals surface area contributed by atoms with Crippen LogP contribution in [0.2, 0.25) is 0 Å². The maximum Gasteiger partial charge on any atom is 0.227 e. The monoisotopic (exact) mass is 445 g/mol. The van der Waals surface area contributed by atoms with Gasteiger partial charge in [-0.25, -0.2) is 15.0 Å². The van der Waals surface area contributed by atoms with Gasteiger partial charge in [0.25, 0.3) is 0 Å². The van der Waals surface area contributed by atoms with E-state index in [0.717, 1.165) is 24.0 Å². The third-order valence-electron chi connectivity index (χ3n) is 5.70. The van der Waals surface area contributed by atoms with E-state index in [1.54, 1.807) is 6.20 Å². The quantitative estimate of drug-likeness (QED) is 0.495. The fourth-order valence-electron chi connectivity index (χ4n) is 3.76. The molecule has 0 radical (unpaired) electrons. The highest BCUT2D eigenvalue weighted by atomic mass is 16.5. The molecule has 1 aliphatic carbocycles. The van der Waals surface area contributed by atoms with Crippen molar-refractivity contribution in [1.82, 2.24) is 19.9 Å².